The number of nitrogens with one attached hydrogen (secondary N) is 1. The Hall–Kier alpha value is -3.23. The maximum atomic E-state index is 12.9. The predicted octanol–water partition coefficient (Wildman–Crippen LogP) is 3.64. The SMILES string of the molecule is CC(=O)NCC1CN(c2ccc(C(F)(F)F)cc2)c2ccccc2N1CCC(=O)O. The summed E-state index contributed by atoms with van der Waals surface area (Å²) in [6, 6.07) is 12.0. The van der Waals surface area contributed by atoms with E-state index >= 15 is 0 Å². The van der Waals surface area contributed by atoms with Crippen LogP contribution in [0.4, 0.5) is 30.2 Å². The quantitative estimate of drug-likeness (QED) is 0.745. The van der Waals surface area contributed by atoms with Crippen LogP contribution in [-0.4, -0.2) is 42.7 Å². The minimum absolute atomic E-state index is 0.0782. The number of halogens is 3. The number of rotatable bonds is 6. The lowest BCUT2D eigenvalue weighted by Gasteiger charge is -2.44. The van der Waals surface area contributed by atoms with Gasteiger partial charge in [-0.2, -0.15) is 13.2 Å². The second kappa shape index (κ2) is 8.64. The van der Waals surface area contributed by atoms with Crippen LogP contribution in [0, 0.1) is 0 Å². The second-order valence-corrected chi connectivity index (χ2v) is 7.07. The fraction of sp³-hybridized carbons (Fsp3) is 0.333. The molecule has 30 heavy (non-hydrogen) atoms. The number of fused-ring (bicyclic) bond motifs is 1. The summed E-state index contributed by atoms with van der Waals surface area (Å²) < 4.78 is 38.8. The lowest BCUT2D eigenvalue weighted by Crippen LogP contribution is -2.53. The number of hydrogen-bond acceptors (Lipinski definition) is 4. The maximum Gasteiger partial charge on any atom is 0.416 e. The minimum atomic E-state index is -4.42. The molecule has 0 radical (unpaired) electrons. The molecule has 0 spiro atoms. The third-order valence-electron chi connectivity index (χ3n) is 4.98. The largest absolute Gasteiger partial charge is 0.481 e. The van der Waals surface area contributed by atoms with Crippen molar-refractivity contribution in [2.45, 2.75) is 25.6 Å². The molecule has 0 saturated heterocycles. The molecule has 0 bridgehead atoms. The highest BCUT2D eigenvalue weighted by Gasteiger charge is 2.33. The third-order valence-corrected chi connectivity index (χ3v) is 4.98. The number of benzene rings is 2. The van der Waals surface area contributed by atoms with Gasteiger partial charge in [0, 0.05) is 32.2 Å². The van der Waals surface area contributed by atoms with Crippen LogP contribution in [0.5, 0.6) is 0 Å². The van der Waals surface area contributed by atoms with Crippen molar-refractivity contribution in [2.75, 3.05) is 29.4 Å². The van der Waals surface area contributed by atoms with E-state index in [1.165, 1.54) is 19.1 Å². The van der Waals surface area contributed by atoms with Gasteiger partial charge in [0.15, 0.2) is 0 Å². The summed E-state index contributed by atoms with van der Waals surface area (Å²) in [6.45, 7) is 2.30. The lowest BCUT2D eigenvalue weighted by molar-refractivity contribution is -0.138. The molecule has 0 saturated carbocycles. The highest BCUT2D eigenvalue weighted by molar-refractivity contribution is 5.81. The van der Waals surface area contributed by atoms with E-state index in [0.29, 0.717) is 12.2 Å². The normalized spacial score (nSPS) is 16.2. The molecule has 160 valence electrons. The number of hydrogen-bond donors (Lipinski definition) is 2. The van der Waals surface area contributed by atoms with Gasteiger partial charge in [-0.1, -0.05) is 12.1 Å². The summed E-state index contributed by atoms with van der Waals surface area (Å²) in [5.74, 6) is -1.15. The highest BCUT2D eigenvalue weighted by Crippen LogP contribution is 2.40. The molecule has 2 aromatic rings. The first-order valence-electron chi connectivity index (χ1n) is 9.43. The van der Waals surface area contributed by atoms with E-state index in [-0.39, 0.29) is 31.5 Å². The minimum Gasteiger partial charge on any atom is -0.481 e. The number of alkyl halides is 3. The van der Waals surface area contributed by atoms with E-state index in [2.05, 4.69) is 5.32 Å². The van der Waals surface area contributed by atoms with Gasteiger partial charge < -0.3 is 20.2 Å². The van der Waals surface area contributed by atoms with Gasteiger partial charge in [0.1, 0.15) is 0 Å². The first-order chi connectivity index (χ1) is 14.2. The Morgan fingerprint density at radius 3 is 2.30 bits per heavy atom. The number of anilines is 3. The molecule has 6 nitrogen and oxygen atoms in total. The Morgan fingerprint density at radius 1 is 1.10 bits per heavy atom. The fourth-order valence-electron chi connectivity index (χ4n) is 3.57. The molecule has 1 aliphatic rings. The maximum absolute atomic E-state index is 12.9. The molecule has 1 heterocycles. The number of carbonyl (C=O) groups is 2. The first kappa shape index (κ1) is 21.5. The number of amides is 1. The molecule has 1 aliphatic heterocycles. The highest BCUT2D eigenvalue weighted by atomic mass is 19.4. The summed E-state index contributed by atoms with van der Waals surface area (Å²) in [5.41, 5.74) is 1.39. The first-order valence-corrected chi connectivity index (χ1v) is 9.43. The van der Waals surface area contributed by atoms with Crippen molar-refractivity contribution in [3.8, 4) is 0 Å². The molecule has 3 rings (SSSR count). The van der Waals surface area contributed by atoms with Gasteiger partial charge in [0.2, 0.25) is 5.91 Å². The number of para-hydroxylation sites is 2. The van der Waals surface area contributed by atoms with Crippen molar-refractivity contribution >= 4 is 28.9 Å². The predicted molar refractivity (Wildman–Crippen MR) is 107 cm³/mol. The van der Waals surface area contributed by atoms with Gasteiger partial charge in [0.05, 0.1) is 29.4 Å². The smallest absolute Gasteiger partial charge is 0.416 e. The Labute approximate surface area is 171 Å². The van der Waals surface area contributed by atoms with Crippen LogP contribution < -0.4 is 15.1 Å². The van der Waals surface area contributed by atoms with Gasteiger partial charge in [-0.05, 0) is 36.4 Å². The summed E-state index contributed by atoms with van der Waals surface area (Å²) in [4.78, 5) is 26.4. The average Bonchev–Trinajstić information content (AvgIpc) is 2.69. The van der Waals surface area contributed by atoms with Crippen LogP contribution in [0.25, 0.3) is 0 Å². The molecular weight excluding hydrogens is 399 g/mol. The number of carboxylic acids is 1. The van der Waals surface area contributed by atoms with E-state index in [1.807, 2.05) is 34.1 Å². The fourth-order valence-corrected chi connectivity index (χ4v) is 3.57. The monoisotopic (exact) mass is 421 g/mol. The van der Waals surface area contributed by atoms with E-state index in [4.69, 9.17) is 5.11 Å². The van der Waals surface area contributed by atoms with E-state index in [9.17, 15) is 22.8 Å². The molecule has 1 atom stereocenters. The van der Waals surface area contributed by atoms with Crippen LogP contribution in [-0.2, 0) is 15.8 Å². The topological polar surface area (TPSA) is 72.9 Å². The Bertz CT molecular complexity index is 916. The number of carbonyl (C=O) groups excluding carboxylic acids is 1. The Morgan fingerprint density at radius 2 is 1.73 bits per heavy atom. The number of aliphatic carboxylic acids is 1. The molecule has 0 fully saturated rings. The van der Waals surface area contributed by atoms with Crippen LogP contribution in [0.3, 0.4) is 0 Å². The van der Waals surface area contributed by atoms with Gasteiger partial charge in [-0.25, -0.2) is 0 Å². The Kier molecular flexibility index (Phi) is 6.19. The van der Waals surface area contributed by atoms with E-state index < -0.39 is 17.7 Å². The standard InChI is InChI=1S/C21H22F3N3O3/c1-14(28)25-12-17-13-27(16-8-6-15(7-9-16)21(22,23)24)19-5-3-2-4-18(19)26(17)11-10-20(29)30/h2-9,17H,10-13H2,1H3,(H,25,28)(H,29,30). The average molecular weight is 421 g/mol. The zero-order chi connectivity index (χ0) is 21.9. The molecule has 1 amide bonds. The van der Waals surface area contributed by atoms with Gasteiger partial charge in [-0.15, -0.1) is 0 Å². The summed E-state index contributed by atoms with van der Waals surface area (Å²) in [5, 5.41) is 11.9. The molecular formula is C21H22F3N3O3. The summed E-state index contributed by atoms with van der Waals surface area (Å²) >= 11 is 0. The van der Waals surface area contributed by atoms with E-state index in [1.54, 1.807) is 0 Å². The van der Waals surface area contributed by atoms with Crippen LogP contribution in [0.2, 0.25) is 0 Å². The molecule has 9 heteroatoms. The van der Waals surface area contributed by atoms with Gasteiger partial charge >= 0.3 is 12.1 Å². The summed E-state index contributed by atoms with van der Waals surface area (Å²) in [7, 11) is 0. The van der Waals surface area contributed by atoms with Gasteiger partial charge in [-0.3, -0.25) is 9.59 Å². The molecule has 1 unspecified atom stereocenters. The molecule has 0 aromatic heterocycles. The molecule has 2 aromatic carbocycles. The molecule has 2 N–H and O–H groups in total. The van der Waals surface area contributed by atoms with Crippen LogP contribution in [0.1, 0.15) is 18.9 Å². The summed E-state index contributed by atoms with van der Waals surface area (Å²) in [6.07, 6.45) is -4.49. The van der Waals surface area contributed by atoms with Gasteiger partial charge in [0.25, 0.3) is 0 Å². The van der Waals surface area contributed by atoms with Crippen molar-refractivity contribution in [2.24, 2.45) is 0 Å². The van der Waals surface area contributed by atoms with Crippen molar-refractivity contribution < 1.29 is 27.9 Å². The zero-order valence-electron chi connectivity index (χ0n) is 16.3. The lowest BCUT2D eigenvalue weighted by atomic mass is 10.0. The zero-order valence-corrected chi connectivity index (χ0v) is 16.3. The molecule has 0 aliphatic carbocycles. The van der Waals surface area contributed by atoms with E-state index in [0.717, 1.165) is 23.5 Å². The number of nitrogens with zero attached hydrogens (tertiary/aromatic N) is 2. The van der Waals surface area contributed by atoms with Crippen LogP contribution >= 0.6 is 0 Å². The van der Waals surface area contributed by atoms with Crippen molar-refractivity contribution in [3.05, 3.63) is 54.1 Å². The van der Waals surface area contributed by atoms with Crippen molar-refractivity contribution in [3.63, 3.8) is 0 Å². The van der Waals surface area contributed by atoms with Crippen molar-refractivity contribution in [1.29, 1.82) is 0 Å². The van der Waals surface area contributed by atoms with Crippen LogP contribution in [0.15, 0.2) is 48.5 Å². The van der Waals surface area contributed by atoms with Crippen molar-refractivity contribution in [1.82, 2.24) is 5.32 Å². The number of carboxylic acid groups (broad SMARTS) is 1. The second-order valence-electron chi connectivity index (χ2n) is 7.07. The third kappa shape index (κ3) is 4.84. The Balaban J connectivity index is 1.98.